The number of rotatable bonds is 24. The van der Waals surface area contributed by atoms with Crippen molar-refractivity contribution in [3.63, 3.8) is 0 Å². The molecule has 0 amide bonds. The van der Waals surface area contributed by atoms with Crippen molar-refractivity contribution in [2.75, 3.05) is 13.2 Å². The summed E-state index contributed by atoms with van der Waals surface area (Å²) in [5, 5.41) is 1.46. The van der Waals surface area contributed by atoms with Crippen LogP contribution in [0, 0.1) is 0 Å². The molecule has 0 aliphatic rings. The van der Waals surface area contributed by atoms with Crippen LogP contribution in [0.25, 0.3) is 10.8 Å². The lowest BCUT2D eigenvalue weighted by Crippen LogP contribution is -2.11. The van der Waals surface area contributed by atoms with Crippen LogP contribution in [0.4, 0.5) is 0 Å². The van der Waals surface area contributed by atoms with E-state index in [-0.39, 0.29) is 33.9 Å². The second-order valence-corrected chi connectivity index (χ2v) is 15.6. The quantitative estimate of drug-likeness (QED) is 0.0330. The van der Waals surface area contributed by atoms with Crippen molar-refractivity contribution < 1.29 is 47.6 Å². The molecule has 0 N–H and O–H groups in total. The topological polar surface area (TPSA) is 124 Å². The number of fused-ring (bicyclic) bond motifs is 1. The SMILES string of the molecule is CCCCCCCCOc1ccc(OC(=O)c2ccc(OC(=O)c3ccc4ccc(OC(=O)c5ccc(OC(=O)c6ccc(OCCCCCCCC)cc6)cc5)cc4c3)cc2)cc1. The highest BCUT2D eigenvalue weighted by Crippen LogP contribution is 2.26. The van der Waals surface area contributed by atoms with Gasteiger partial charge in [-0.2, -0.15) is 0 Å². The fraction of sp³-hybridized carbons (Fsp3) is 0.296. The molecule has 0 atom stereocenters. The lowest BCUT2D eigenvalue weighted by molar-refractivity contribution is 0.0719. The van der Waals surface area contributed by atoms with Gasteiger partial charge in [0, 0.05) is 0 Å². The molecule has 6 aromatic rings. The van der Waals surface area contributed by atoms with E-state index in [0.29, 0.717) is 35.7 Å². The van der Waals surface area contributed by atoms with Gasteiger partial charge in [0.25, 0.3) is 0 Å². The Morgan fingerprint density at radius 3 is 1.08 bits per heavy atom. The minimum Gasteiger partial charge on any atom is -0.494 e. The maximum Gasteiger partial charge on any atom is 0.343 e. The highest BCUT2D eigenvalue weighted by molar-refractivity contribution is 5.98. The summed E-state index contributed by atoms with van der Waals surface area (Å²) in [5.74, 6) is 0.294. The van der Waals surface area contributed by atoms with E-state index in [4.69, 9.17) is 28.4 Å². The number of hydrogen-bond donors (Lipinski definition) is 0. The van der Waals surface area contributed by atoms with E-state index in [9.17, 15) is 19.2 Å². The second kappa shape index (κ2) is 24.6. The van der Waals surface area contributed by atoms with Crippen molar-refractivity contribution in [3.8, 4) is 34.5 Å². The number of esters is 4. The van der Waals surface area contributed by atoms with Crippen molar-refractivity contribution in [1.82, 2.24) is 0 Å². The molecule has 0 aliphatic heterocycles. The number of hydrogen-bond acceptors (Lipinski definition) is 10. The van der Waals surface area contributed by atoms with E-state index in [2.05, 4.69) is 13.8 Å². The van der Waals surface area contributed by atoms with E-state index < -0.39 is 23.9 Å². The van der Waals surface area contributed by atoms with Gasteiger partial charge < -0.3 is 28.4 Å². The van der Waals surface area contributed by atoms with Gasteiger partial charge in [-0.25, -0.2) is 19.2 Å². The molecule has 0 unspecified atom stereocenters. The highest BCUT2D eigenvalue weighted by Gasteiger charge is 2.15. The van der Waals surface area contributed by atoms with Crippen LogP contribution in [0.15, 0.2) is 133 Å². The Labute approximate surface area is 375 Å². The second-order valence-electron chi connectivity index (χ2n) is 15.6. The smallest absolute Gasteiger partial charge is 0.343 e. The monoisotopic (exact) mass is 864 g/mol. The first-order chi connectivity index (χ1) is 31.3. The molecule has 0 spiro atoms. The van der Waals surface area contributed by atoms with Gasteiger partial charge in [0.2, 0.25) is 0 Å². The molecule has 6 rings (SSSR count). The summed E-state index contributed by atoms with van der Waals surface area (Å²) in [6, 6.07) is 36.1. The number of ether oxygens (including phenoxy) is 6. The standard InChI is InChI=1S/C54H56O10/c1-3-5-7-9-11-13-35-59-45-24-18-40(19-25-45)51(55)61-47-26-22-42(23-27-47)53(57)64-50-30-17-39-15-16-43(37-44(39)38-50)54(58)63-48-28-20-41(21-29-48)52(56)62-49-33-31-46(32-34-49)60-36-14-12-10-8-6-4-2/h15-34,37-38H,3-14,35-36H2,1-2H3. The maximum absolute atomic E-state index is 13.1. The molecule has 10 nitrogen and oxygen atoms in total. The summed E-state index contributed by atoms with van der Waals surface area (Å²) in [5.41, 5.74) is 1.19. The van der Waals surface area contributed by atoms with Crippen LogP contribution in [-0.4, -0.2) is 37.1 Å². The van der Waals surface area contributed by atoms with E-state index in [0.717, 1.165) is 36.8 Å². The summed E-state index contributed by atoms with van der Waals surface area (Å²) in [4.78, 5) is 51.8. The molecule has 0 aliphatic carbocycles. The first-order valence-corrected chi connectivity index (χ1v) is 22.4. The summed E-state index contributed by atoms with van der Waals surface area (Å²) >= 11 is 0. The molecule has 64 heavy (non-hydrogen) atoms. The Balaban J connectivity index is 0.948. The lowest BCUT2D eigenvalue weighted by atomic mass is 10.1. The van der Waals surface area contributed by atoms with Crippen LogP contribution < -0.4 is 28.4 Å². The normalized spacial score (nSPS) is 10.8. The van der Waals surface area contributed by atoms with Crippen LogP contribution in [0.5, 0.6) is 34.5 Å². The van der Waals surface area contributed by atoms with Crippen molar-refractivity contribution in [2.45, 2.75) is 90.9 Å². The average molecular weight is 865 g/mol. The van der Waals surface area contributed by atoms with Gasteiger partial charge in [0.05, 0.1) is 35.5 Å². The minimum absolute atomic E-state index is 0.245. The Bertz CT molecular complexity index is 2420. The molecule has 0 bridgehead atoms. The largest absolute Gasteiger partial charge is 0.494 e. The number of carbonyl (C=O) groups excluding carboxylic acids is 4. The number of unbranched alkanes of at least 4 members (excludes halogenated alkanes) is 10. The van der Waals surface area contributed by atoms with Crippen LogP contribution in [0.1, 0.15) is 132 Å². The predicted molar refractivity (Wildman–Crippen MR) is 247 cm³/mol. The first kappa shape index (κ1) is 46.6. The first-order valence-electron chi connectivity index (χ1n) is 22.4. The Kier molecular flexibility index (Phi) is 17.9. The fourth-order valence-electron chi connectivity index (χ4n) is 6.83. The zero-order valence-corrected chi connectivity index (χ0v) is 36.7. The zero-order chi connectivity index (χ0) is 44.9. The third-order valence-electron chi connectivity index (χ3n) is 10.5. The van der Waals surface area contributed by atoms with Crippen LogP contribution in [0.2, 0.25) is 0 Å². The van der Waals surface area contributed by atoms with Gasteiger partial charge in [-0.15, -0.1) is 0 Å². The molecular formula is C54H56O10. The Hall–Kier alpha value is -6.94. The molecule has 6 aromatic carbocycles. The van der Waals surface area contributed by atoms with Crippen molar-refractivity contribution in [2.24, 2.45) is 0 Å². The van der Waals surface area contributed by atoms with Gasteiger partial charge in [0.1, 0.15) is 34.5 Å². The van der Waals surface area contributed by atoms with E-state index in [1.54, 1.807) is 84.9 Å². The minimum atomic E-state index is -0.613. The predicted octanol–water partition coefficient (Wildman–Crippen LogP) is 13.2. The Morgan fingerprint density at radius 1 is 0.312 bits per heavy atom. The molecule has 0 saturated heterocycles. The third-order valence-corrected chi connectivity index (χ3v) is 10.5. The summed E-state index contributed by atoms with van der Waals surface area (Å²) in [6.07, 6.45) is 14.2. The summed E-state index contributed by atoms with van der Waals surface area (Å²) < 4.78 is 33.9. The molecule has 0 heterocycles. The van der Waals surface area contributed by atoms with E-state index in [1.165, 1.54) is 99.9 Å². The average Bonchev–Trinajstić information content (AvgIpc) is 3.32. The third kappa shape index (κ3) is 14.6. The molecular weight excluding hydrogens is 809 g/mol. The molecule has 0 aromatic heterocycles. The molecule has 10 heteroatoms. The van der Waals surface area contributed by atoms with Gasteiger partial charge in [0.15, 0.2) is 0 Å². The Morgan fingerprint density at radius 2 is 0.625 bits per heavy atom. The number of carbonyl (C=O) groups is 4. The van der Waals surface area contributed by atoms with Gasteiger partial charge in [-0.1, -0.05) is 90.2 Å². The highest BCUT2D eigenvalue weighted by atomic mass is 16.5. The van der Waals surface area contributed by atoms with Crippen molar-refractivity contribution in [3.05, 3.63) is 156 Å². The molecule has 0 radical (unpaired) electrons. The van der Waals surface area contributed by atoms with Crippen molar-refractivity contribution in [1.29, 1.82) is 0 Å². The lowest BCUT2D eigenvalue weighted by Gasteiger charge is -2.09. The van der Waals surface area contributed by atoms with Crippen LogP contribution in [-0.2, 0) is 0 Å². The van der Waals surface area contributed by atoms with Crippen LogP contribution >= 0.6 is 0 Å². The van der Waals surface area contributed by atoms with E-state index in [1.807, 2.05) is 0 Å². The molecule has 332 valence electrons. The maximum atomic E-state index is 13.1. The van der Waals surface area contributed by atoms with Crippen molar-refractivity contribution >= 4 is 34.6 Å². The van der Waals surface area contributed by atoms with Gasteiger partial charge in [-0.3, -0.25) is 0 Å². The fourth-order valence-corrected chi connectivity index (χ4v) is 6.83. The summed E-state index contributed by atoms with van der Waals surface area (Å²) in [7, 11) is 0. The molecule has 0 saturated carbocycles. The summed E-state index contributed by atoms with van der Waals surface area (Å²) in [6.45, 7) is 5.69. The zero-order valence-electron chi connectivity index (χ0n) is 36.7. The number of benzene rings is 6. The van der Waals surface area contributed by atoms with Gasteiger partial charge in [-0.05, 0) is 145 Å². The van der Waals surface area contributed by atoms with Gasteiger partial charge >= 0.3 is 23.9 Å². The van der Waals surface area contributed by atoms with E-state index >= 15 is 0 Å². The van der Waals surface area contributed by atoms with Crippen LogP contribution in [0.3, 0.4) is 0 Å². The molecule has 0 fully saturated rings.